The highest BCUT2D eigenvalue weighted by molar-refractivity contribution is 6.03. The number of furan rings is 1. The second-order valence-electron chi connectivity index (χ2n) is 7.28. The molecule has 30 heavy (non-hydrogen) atoms. The highest BCUT2D eigenvalue weighted by Gasteiger charge is 2.42. The molecule has 0 spiro atoms. The maximum absolute atomic E-state index is 13.3. The lowest BCUT2D eigenvalue weighted by Gasteiger charge is -2.28. The number of fused-ring (bicyclic) bond motifs is 2. The Bertz CT molecular complexity index is 1210. The summed E-state index contributed by atoms with van der Waals surface area (Å²) in [5.74, 6) is -0.210. The van der Waals surface area contributed by atoms with Gasteiger partial charge in [0, 0.05) is 11.1 Å². The van der Waals surface area contributed by atoms with Crippen molar-refractivity contribution in [2.24, 2.45) is 10.9 Å². The first-order valence-electron chi connectivity index (χ1n) is 9.69. The van der Waals surface area contributed by atoms with E-state index in [0.717, 1.165) is 16.5 Å². The van der Waals surface area contributed by atoms with Crippen molar-refractivity contribution in [2.75, 3.05) is 0 Å². The Morgan fingerprint density at radius 2 is 1.90 bits per heavy atom. The molecule has 1 aliphatic heterocycles. The van der Waals surface area contributed by atoms with Crippen LogP contribution in [0, 0.1) is 5.92 Å². The van der Waals surface area contributed by atoms with Crippen LogP contribution in [0.3, 0.4) is 0 Å². The number of aromatic nitrogens is 4. The summed E-state index contributed by atoms with van der Waals surface area (Å²) in [7, 11) is 0. The first-order chi connectivity index (χ1) is 14.6. The summed E-state index contributed by atoms with van der Waals surface area (Å²) in [6, 6.07) is 18.6. The van der Waals surface area contributed by atoms with Crippen molar-refractivity contribution in [3.05, 3.63) is 72.0 Å². The van der Waals surface area contributed by atoms with Crippen LogP contribution in [0.1, 0.15) is 37.3 Å². The molecule has 0 N–H and O–H groups in total. The van der Waals surface area contributed by atoms with E-state index in [2.05, 4.69) is 20.5 Å². The van der Waals surface area contributed by atoms with E-state index in [1.165, 1.54) is 4.68 Å². The second kappa shape index (κ2) is 7.22. The molecule has 1 aliphatic rings. The third kappa shape index (κ3) is 3.06. The van der Waals surface area contributed by atoms with Crippen molar-refractivity contribution >= 4 is 28.6 Å². The van der Waals surface area contributed by atoms with Gasteiger partial charge in [0.25, 0.3) is 5.95 Å². The van der Waals surface area contributed by atoms with E-state index >= 15 is 0 Å². The highest BCUT2D eigenvalue weighted by Crippen LogP contribution is 2.38. The van der Waals surface area contributed by atoms with Gasteiger partial charge in [-0.2, -0.15) is 4.68 Å². The summed E-state index contributed by atoms with van der Waals surface area (Å²) in [5.41, 5.74) is 2.22. The van der Waals surface area contributed by atoms with Gasteiger partial charge in [-0.3, -0.25) is 4.79 Å². The maximum Gasteiger partial charge on any atom is 0.317 e. The molecule has 0 fully saturated rings. The summed E-state index contributed by atoms with van der Waals surface area (Å²) in [6.07, 6.45) is -0.405. The Kier molecular flexibility index (Phi) is 4.39. The van der Waals surface area contributed by atoms with E-state index in [1.807, 2.05) is 67.6 Å². The molecule has 2 aromatic carbocycles. The maximum atomic E-state index is 13.3. The third-order valence-electron chi connectivity index (χ3n) is 5.33. The van der Waals surface area contributed by atoms with E-state index < -0.39 is 24.0 Å². The molecular formula is C22H19N5O3. The number of hydrogen-bond acceptors (Lipinski definition) is 7. The van der Waals surface area contributed by atoms with Crippen molar-refractivity contribution in [1.82, 2.24) is 20.2 Å². The van der Waals surface area contributed by atoms with Crippen LogP contribution in [-0.2, 0) is 9.53 Å². The zero-order chi connectivity index (χ0) is 20.7. The lowest BCUT2D eigenvalue weighted by atomic mass is 9.91. The summed E-state index contributed by atoms with van der Waals surface area (Å²) in [5, 5.41) is 12.7. The topological polar surface area (TPSA) is 95.4 Å². The monoisotopic (exact) mass is 401 g/mol. The van der Waals surface area contributed by atoms with Crippen LogP contribution in [0.2, 0.25) is 0 Å². The molecule has 3 heterocycles. The quantitative estimate of drug-likeness (QED) is 0.479. The number of benzene rings is 2. The van der Waals surface area contributed by atoms with Gasteiger partial charge < -0.3 is 9.15 Å². The van der Waals surface area contributed by atoms with Crippen LogP contribution in [0.15, 0.2) is 70.1 Å². The van der Waals surface area contributed by atoms with E-state index in [0.29, 0.717) is 17.4 Å². The molecule has 0 bridgehead atoms. The van der Waals surface area contributed by atoms with Crippen LogP contribution in [0.25, 0.3) is 11.0 Å². The largest absolute Gasteiger partial charge is 0.459 e. The first-order valence-corrected chi connectivity index (χ1v) is 9.69. The molecule has 8 heteroatoms. The van der Waals surface area contributed by atoms with Crippen molar-refractivity contribution in [3.63, 3.8) is 0 Å². The zero-order valence-corrected chi connectivity index (χ0v) is 16.5. The van der Waals surface area contributed by atoms with Gasteiger partial charge in [-0.25, -0.2) is 4.99 Å². The summed E-state index contributed by atoms with van der Waals surface area (Å²) >= 11 is 0. The van der Waals surface area contributed by atoms with E-state index in [4.69, 9.17) is 9.15 Å². The molecule has 3 unspecified atom stereocenters. The Labute approximate surface area is 172 Å². The van der Waals surface area contributed by atoms with Crippen LogP contribution < -0.4 is 0 Å². The van der Waals surface area contributed by atoms with Gasteiger partial charge in [-0.05, 0) is 42.0 Å². The number of aliphatic imine (C=N–C) groups is 1. The number of ether oxygens (including phenoxy) is 1. The second-order valence-corrected chi connectivity index (χ2v) is 7.28. The number of nitrogens with zero attached hydrogens (tertiary/aromatic N) is 5. The number of carbonyl (C=O) groups excluding carboxylic acids is 1. The molecule has 0 saturated carbocycles. The fraction of sp³-hybridized carbons (Fsp3) is 0.227. The molecule has 150 valence electrons. The molecule has 0 amide bonds. The molecule has 8 nitrogen and oxygen atoms in total. The van der Waals surface area contributed by atoms with Crippen LogP contribution >= 0.6 is 0 Å². The number of carbonyl (C=O) groups is 1. The predicted molar refractivity (Wildman–Crippen MR) is 109 cm³/mol. The third-order valence-corrected chi connectivity index (χ3v) is 5.33. The van der Waals surface area contributed by atoms with Gasteiger partial charge in [0.2, 0.25) is 0 Å². The molecule has 0 radical (unpaired) electrons. The molecule has 0 saturated heterocycles. The smallest absolute Gasteiger partial charge is 0.317 e. The van der Waals surface area contributed by atoms with Gasteiger partial charge in [0.05, 0.1) is 0 Å². The average Bonchev–Trinajstić information content (AvgIpc) is 3.39. The van der Waals surface area contributed by atoms with Crippen LogP contribution in [0.4, 0.5) is 5.95 Å². The number of tetrazole rings is 1. The number of esters is 1. The summed E-state index contributed by atoms with van der Waals surface area (Å²) < 4.78 is 13.4. The molecule has 3 atom stereocenters. The van der Waals surface area contributed by atoms with Gasteiger partial charge in [0.1, 0.15) is 29.4 Å². The van der Waals surface area contributed by atoms with Crippen molar-refractivity contribution in [1.29, 1.82) is 0 Å². The standard InChI is InChI=1S/C22H19N5O3/c1-13-19(21(28)29-14(2)15-8-4-3-5-9-15)20(27-22(23-13)24-25-26-27)18-12-16-10-6-7-11-17(16)30-18/h3-12,14,19-20H,1-2H3. The fourth-order valence-corrected chi connectivity index (χ4v) is 3.81. The number of rotatable bonds is 4. The minimum absolute atomic E-state index is 0.332. The number of hydrogen-bond donors (Lipinski definition) is 0. The molecule has 0 aliphatic carbocycles. The Morgan fingerprint density at radius 1 is 1.13 bits per heavy atom. The Hall–Kier alpha value is -3.81. The molecule has 4 aromatic rings. The first kappa shape index (κ1) is 18.2. The summed E-state index contributed by atoms with van der Waals surface area (Å²) in [6.45, 7) is 3.63. The summed E-state index contributed by atoms with van der Waals surface area (Å²) in [4.78, 5) is 17.7. The van der Waals surface area contributed by atoms with Crippen LogP contribution in [-0.4, -0.2) is 31.9 Å². The van der Waals surface area contributed by atoms with E-state index in [-0.39, 0.29) is 0 Å². The van der Waals surface area contributed by atoms with Gasteiger partial charge >= 0.3 is 5.97 Å². The fourth-order valence-electron chi connectivity index (χ4n) is 3.81. The lowest BCUT2D eigenvalue weighted by Crippen LogP contribution is -2.37. The highest BCUT2D eigenvalue weighted by atomic mass is 16.5. The van der Waals surface area contributed by atoms with Crippen molar-refractivity contribution in [3.8, 4) is 0 Å². The minimum Gasteiger partial charge on any atom is -0.459 e. The van der Waals surface area contributed by atoms with Gasteiger partial charge in [-0.15, -0.1) is 0 Å². The molecular weight excluding hydrogens is 382 g/mol. The Balaban J connectivity index is 1.54. The molecule has 2 aromatic heterocycles. The van der Waals surface area contributed by atoms with Crippen LogP contribution in [0.5, 0.6) is 0 Å². The average molecular weight is 401 g/mol. The van der Waals surface area contributed by atoms with E-state index in [1.54, 1.807) is 6.92 Å². The van der Waals surface area contributed by atoms with Gasteiger partial charge in [-0.1, -0.05) is 53.6 Å². The Morgan fingerprint density at radius 3 is 2.70 bits per heavy atom. The normalized spacial score (nSPS) is 19.2. The molecule has 5 rings (SSSR count). The zero-order valence-electron chi connectivity index (χ0n) is 16.5. The SMILES string of the molecule is CC1=Nc2nnnn2C(c2cc3ccccc3o2)C1C(=O)OC(C)c1ccccc1. The van der Waals surface area contributed by atoms with Crippen molar-refractivity contribution in [2.45, 2.75) is 26.0 Å². The lowest BCUT2D eigenvalue weighted by molar-refractivity contribution is -0.152. The van der Waals surface area contributed by atoms with Gasteiger partial charge in [0.15, 0.2) is 0 Å². The number of para-hydroxylation sites is 1. The predicted octanol–water partition coefficient (Wildman–Crippen LogP) is 4.04. The minimum atomic E-state index is -0.715. The van der Waals surface area contributed by atoms with E-state index in [9.17, 15) is 4.79 Å². The van der Waals surface area contributed by atoms with Crippen molar-refractivity contribution < 1.29 is 13.9 Å².